The van der Waals surface area contributed by atoms with Gasteiger partial charge in [0.15, 0.2) is 11.6 Å². The summed E-state index contributed by atoms with van der Waals surface area (Å²) in [5.41, 5.74) is 0.558. The fraction of sp³-hybridized carbons (Fsp3) is 0.125. The number of pyridine rings is 1. The number of rotatable bonds is 8. The molecule has 2 heterocycles. The van der Waals surface area contributed by atoms with Crippen LogP contribution >= 0.6 is 0 Å². The quantitative estimate of drug-likeness (QED) is 0.357. The van der Waals surface area contributed by atoms with E-state index >= 15 is 4.39 Å². The van der Waals surface area contributed by atoms with Crippen LogP contribution < -0.4 is 14.8 Å². The molecule has 0 unspecified atom stereocenters. The highest BCUT2D eigenvalue weighted by molar-refractivity contribution is 7.91. The van der Waals surface area contributed by atoms with Crippen molar-refractivity contribution in [3.05, 3.63) is 89.8 Å². The summed E-state index contributed by atoms with van der Waals surface area (Å²) in [6, 6.07) is 14.2. The molecule has 11 heteroatoms. The van der Waals surface area contributed by atoms with Crippen molar-refractivity contribution in [3.8, 4) is 22.9 Å². The van der Waals surface area contributed by atoms with Crippen molar-refractivity contribution in [3.63, 3.8) is 0 Å². The molecule has 180 valence electrons. The lowest BCUT2D eigenvalue weighted by Gasteiger charge is -2.16. The van der Waals surface area contributed by atoms with E-state index in [1.165, 1.54) is 13.1 Å². The SMILES string of the molecule is CNc1nccc(-c2cccnc2Oc2cc(F)c(NS(=O)(=O)Cc3ccccc3)c(F)c2C)n1. The van der Waals surface area contributed by atoms with Gasteiger partial charge in [-0.1, -0.05) is 30.3 Å². The van der Waals surface area contributed by atoms with Crippen molar-refractivity contribution in [2.75, 3.05) is 17.1 Å². The van der Waals surface area contributed by atoms with E-state index in [1.807, 2.05) is 4.72 Å². The molecule has 0 bridgehead atoms. The summed E-state index contributed by atoms with van der Waals surface area (Å²) in [7, 11) is -2.40. The molecule has 0 aliphatic rings. The van der Waals surface area contributed by atoms with E-state index in [2.05, 4.69) is 20.3 Å². The lowest BCUT2D eigenvalue weighted by Crippen LogP contribution is -2.17. The van der Waals surface area contributed by atoms with Crippen LogP contribution in [-0.2, 0) is 15.8 Å². The topological polar surface area (TPSA) is 106 Å². The zero-order valence-corrected chi connectivity index (χ0v) is 19.6. The molecule has 0 saturated heterocycles. The molecule has 0 aliphatic carbocycles. The number of ether oxygens (including phenoxy) is 1. The molecule has 0 amide bonds. The van der Waals surface area contributed by atoms with Crippen LogP contribution in [0.25, 0.3) is 11.3 Å². The fourth-order valence-corrected chi connectivity index (χ4v) is 4.48. The van der Waals surface area contributed by atoms with Gasteiger partial charge in [0.1, 0.15) is 11.4 Å². The second-order valence-corrected chi connectivity index (χ2v) is 9.21. The van der Waals surface area contributed by atoms with Crippen LogP contribution in [0.4, 0.5) is 20.4 Å². The Kier molecular flexibility index (Phi) is 6.87. The molecule has 4 aromatic rings. The minimum absolute atomic E-state index is 0.0626. The Balaban J connectivity index is 1.64. The Morgan fingerprint density at radius 3 is 2.51 bits per heavy atom. The van der Waals surface area contributed by atoms with Crippen molar-refractivity contribution >= 4 is 21.7 Å². The van der Waals surface area contributed by atoms with Gasteiger partial charge in [-0.3, -0.25) is 4.72 Å². The first-order chi connectivity index (χ1) is 16.8. The minimum atomic E-state index is -4.07. The Labute approximate surface area is 201 Å². The molecule has 4 rings (SSSR count). The van der Waals surface area contributed by atoms with Crippen LogP contribution in [0.1, 0.15) is 11.1 Å². The van der Waals surface area contributed by atoms with E-state index < -0.39 is 33.1 Å². The van der Waals surface area contributed by atoms with Crippen LogP contribution in [0.15, 0.2) is 67.0 Å². The maximum absolute atomic E-state index is 15.1. The zero-order chi connectivity index (χ0) is 25.0. The van der Waals surface area contributed by atoms with E-state index in [9.17, 15) is 12.8 Å². The van der Waals surface area contributed by atoms with Crippen LogP contribution in [0.3, 0.4) is 0 Å². The number of sulfonamides is 1. The third kappa shape index (κ3) is 5.52. The zero-order valence-electron chi connectivity index (χ0n) is 18.8. The first kappa shape index (κ1) is 24.0. The largest absolute Gasteiger partial charge is 0.438 e. The maximum atomic E-state index is 15.1. The first-order valence-corrected chi connectivity index (χ1v) is 12.1. The first-order valence-electron chi connectivity index (χ1n) is 10.4. The lowest BCUT2D eigenvalue weighted by atomic mass is 10.1. The molecule has 2 aromatic heterocycles. The lowest BCUT2D eigenvalue weighted by molar-refractivity contribution is 0.448. The molecular weight excluding hydrogens is 476 g/mol. The van der Waals surface area contributed by atoms with Crippen molar-refractivity contribution in [2.45, 2.75) is 12.7 Å². The van der Waals surface area contributed by atoms with E-state index in [-0.39, 0.29) is 17.2 Å². The molecule has 0 fully saturated rings. The third-order valence-corrected chi connectivity index (χ3v) is 6.23. The van der Waals surface area contributed by atoms with Crippen molar-refractivity contribution < 1.29 is 21.9 Å². The molecule has 0 atom stereocenters. The summed E-state index contributed by atoms with van der Waals surface area (Å²) in [6.45, 7) is 1.35. The highest BCUT2D eigenvalue weighted by Crippen LogP contribution is 2.36. The van der Waals surface area contributed by atoms with E-state index in [1.54, 1.807) is 61.8 Å². The molecule has 0 radical (unpaired) electrons. The van der Waals surface area contributed by atoms with Gasteiger partial charge in [-0.2, -0.15) is 0 Å². The average Bonchev–Trinajstić information content (AvgIpc) is 2.86. The van der Waals surface area contributed by atoms with Gasteiger partial charge in [-0.25, -0.2) is 32.2 Å². The summed E-state index contributed by atoms with van der Waals surface area (Å²) in [6.07, 6.45) is 3.01. The van der Waals surface area contributed by atoms with Gasteiger partial charge >= 0.3 is 0 Å². The second-order valence-electron chi connectivity index (χ2n) is 7.49. The average molecular weight is 498 g/mol. The fourth-order valence-electron chi connectivity index (χ4n) is 3.28. The predicted octanol–water partition coefficient (Wildman–Crippen LogP) is 4.90. The van der Waals surface area contributed by atoms with E-state index in [0.29, 0.717) is 22.8 Å². The van der Waals surface area contributed by atoms with Crippen LogP contribution in [-0.4, -0.2) is 30.4 Å². The third-order valence-electron chi connectivity index (χ3n) is 5.00. The predicted molar refractivity (Wildman–Crippen MR) is 129 cm³/mol. The number of anilines is 2. The van der Waals surface area contributed by atoms with Gasteiger partial charge in [-0.15, -0.1) is 0 Å². The van der Waals surface area contributed by atoms with E-state index in [0.717, 1.165) is 6.07 Å². The molecule has 2 N–H and O–H groups in total. The summed E-state index contributed by atoms with van der Waals surface area (Å²) < 4.78 is 62.8. The maximum Gasteiger partial charge on any atom is 0.237 e. The normalized spacial score (nSPS) is 11.2. The number of nitrogens with zero attached hydrogens (tertiary/aromatic N) is 3. The summed E-state index contributed by atoms with van der Waals surface area (Å²) >= 11 is 0. The highest BCUT2D eigenvalue weighted by atomic mass is 32.2. The Bertz CT molecular complexity index is 1470. The van der Waals surface area contributed by atoms with Gasteiger partial charge in [0.2, 0.25) is 21.9 Å². The van der Waals surface area contributed by atoms with Crippen molar-refractivity contribution in [2.24, 2.45) is 0 Å². The molecule has 0 saturated carbocycles. The smallest absolute Gasteiger partial charge is 0.237 e. The van der Waals surface area contributed by atoms with Crippen LogP contribution in [0.2, 0.25) is 0 Å². The van der Waals surface area contributed by atoms with Crippen LogP contribution in [0, 0.1) is 18.6 Å². The molecule has 0 spiro atoms. The molecule has 8 nitrogen and oxygen atoms in total. The number of hydrogen-bond donors (Lipinski definition) is 2. The van der Waals surface area contributed by atoms with Gasteiger partial charge < -0.3 is 10.1 Å². The van der Waals surface area contributed by atoms with Gasteiger partial charge in [0, 0.05) is 31.1 Å². The monoisotopic (exact) mass is 497 g/mol. The van der Waals surface area contributed by atoms with Gasteiger partial charge in [0.25, 0.3) is 0 Å². The minimum Gasteiger partial charge on any atom is -0.438 e. The summed E-state index contributed by atoms with van der Waals surface area (Å²) in [5, 5.41) is 2.83. The summed E-state index contributed by atoms with van der Waals surface area (Å²) in [5.74, 6) is -2.38. The number of nitrogens with one attached hydrogen (secondary N) is 2. The number of aromatic nitrogens is 3. The Morgan fingerprint density at radius 1 is 1.00 bits per heavy atom. The number of hydrogen-bond acceptors (Lipinski definition) is 7. The standard InChI is InChI=1S/C24H21F2N5O3S/c1-15-20(34-23-17(9-6-11-28-23)19-10-12-29-24(27-2)30-19)13-18(25)22(21(15)26)31-35(32,33)14-16-7-4-3-5-8-16/h3-13,31H,14H2,1-2H3,(H,27,29,30). The van der Waals surface area contributed by atoms with Crippen molar-refractivity contribution in [1.82, 2.24) is 15.0 Å². The van der Waals surface area contributed by atoms with Crippen molar-refractivity contribution in [1.29, 1.82) is 0 Å². The Hall–Kier alpha value is -4.12. The summed E-state index contributed by atoms with van der Waals surface area (Å²) in [4.78, 5) is 12.6. The van der Waals surface area contributed by atoms with Gasteiger partial charge in [-0.05, 0) is 30.7 Å². The number of halogens is 2. The molecule has 2 aromatic carbocycles. The van der Waals surface area contributed by atoms with Crippen LogP contribution in [0.5, 0.6) is 11.6 Å². The number of benzene rings is 2. The Morgan fingerprint density at radius 2 is 1.77 bits per heavy atom. The second kappa shape index (κ2) is 10.0. The van der Waals surface area contributed by atoms with Gasteiger partial charge in [0.05, 0.1) is 17.0 Å². The molecular formula is C24H21F2N5O3S. The highest BCUT2D eigenvalue weighted by Gasteiger charge is 2.23. The molecule has 0 aliphatic heterocycles. The van der Waals surface area contributed by atoms with E-state index in [4.69, 9.17) is 4.74 Å². The molecule has 35 heavy (non-hydrogen) atoms.